The second-order valence-electron chi connectivity index (χ2n) is 5.87. The van der Waals surface area contributed by atoms with E-state index in [1.807, 2.05) is 0 Å². The molecule has 3 unspecified atom stereocenters. The first-order valence-corrected chi connectivity index (χ1v) is 6.86. The Kier molecular flexibility index (Phi) is 5.11. The predicted octanol–water partition coefficient (Wildman–Crippen LogP) is 4.11. The van der Waals surface area contributed by atoms with Crippen molar-refractivity contribution in [3.63, 3.8) is 0 Å². The Balaban J connectivity index is 2.26. The molecule has 1 heteroatoms. The number of hydrogen-bond donors (Lipinski definition) is 1. The van der Waals surface area contributed by atoms with Crippen LogP contribution in [0.3, 0.4) is 0 Å². The van der Waals surface area contributed by atoms with Crippen LogP contribution in [0.2, 0.25) is 0 Å². The lowest BCUT2D eigenvalue weighted by atomic mass is 9.70. The summed E-state index contributed by atoms with van der Waals surface area (Å²) in [5, 5.41) is 0. The Labute approximate surface area is 95.8 Å². The zero-order valence-corrected chi connectivity index (χ0v) is 10.9. The largest absolute Gasteiger partial charge is 0.325 e. The molecule has 0 aromatic heterocycles. The van der Waals surface area contributed by atoms with Crippen molar-refractivity contribution in [2.75, 3.05) is 0 Å². The molecule has 1 fully saturated rings. The highest BCUT2D eigenvalue weighted by Crippen LogP contribution is 2.37. The monoisotopic (exact) mass is 211 g/mol. The quantitative estimate of drug-likeness (QED) is 0.680. The molecule has 0 amide bonds. The van der Waals surface area contributed by atoms with Crippen molar-refractivity contribution in [1.29, 1.82) is 0 Å². The lowest BCUT2D eigenvalue weighted by Crippen LogP contribution is -2.45. The van der Waals surface area contributed by atoms with Gasteiger partial charge in [-0.3, -0.25) is 0 Å². The Morgan fingerprint density at radius 3 is 2.47 bits per heavy atom. The smallest absolute Gasteiger partial charge is 0.0157 e. The summed E-state index contributed by atoms with van der Waals surface area (Å²) >= 11 is 0. The minimum Gasteiger partial charge on any atom is -0.325 e. The molecule has 3 atom stereocenters. The van der Waals surface area contributed by atoms with Crippen molar-refractivity contribution in [3.05, 3.63) is 0 Å². The molecular weight excluding hydrogens is 182 g/mol. The molecular formula is C14H29N. The molecule has 0 bridgehead atoms. The van der Waals surface area contributed by atoms with Crippen molar-refractivity contribution in [1.82, 2.24) is 0 Å². The molecule has 1 nitrogen and oxygen atoms in total. The minimum atomic E-state index is 0.180. The number of hydrogen-bond acceptors (Lipinski definition) is 1. The van der Waals surface area contributed by atoms with Gasteiger partial charge in [-0.05, 0) is 37.5 Å². The van der Waals surface area contributed by atoms with E-state index in [2.05, 4.69) is 20.8 Å². The Morgan fingerprint density at radius 1 is 1.13 bits per heavy atom. The van der Waals surface area contributed by atoms with Crippen molar-refractivity contribution in [3.8, 4) is 0 Å². The van der Waals surface area contributed by atoms with E-state index in [0.29, 0.717) is 0 Å². The molecule has 1 rings (SSSR count). The predicted molar refractivity (Wildman–Crippen MR) is 67.9 cm³/mol. The highest BCUT2D eigenvalue weighted by molar-refractivity contribution is 4.91. The van der Waals surface area contributed by atoms with E-state index < -0.39 is 0 Å². The van der Waals surface area contributed by atoms with Crippen molar-refractivity contribution >= 4 is 0 Å². The van der Waals surface area contributed by atoms with E-state index in [0.717, 1.165) is 11.8 Å². The van der Waals surface area contributed by atoms with E-state index in [1.54, 1.807) is 0 Å². The molecule has 1 aliphatic rings. The molecule has 0 radical (unpaired) electrons. The topological polar surface area (TPSA) is 26.0 Å². The van der Waals surface area contributed by atoms with Gasteiger partial charge in [0.25, 0.3) is 0 Å². The van der Waals surface area contributed by atoms with Crippen LogP contribution in [0.1, 0.15) is 72.1 Å². The molecule has 0 aromatic rings. The van der Waals surface area contributed by atoms with Crippen LogP contribution in [-0.4, -0.2) is 5.54 Å². The highest BCUT2D eigenvalue weighted by atomic mass is 14.7. The van der Waals surface area contributed by atoms with Gasteiger partial charge < -0.3 is 5.73 Å². The van der Waals surface area contributed by atoms with Gasteiger partial charge in [-0.2, -0.15) is 0 Å². The zero-order valence-electron chi connectivity index (χ0n) is 10.9. The third-order valence-corrected chi connectivity index (χ3v) is 4.33. The normalized spacial score (nSPS) is 36.8. The summed E-state index contributed by atoms with van der Waals surface area (Å²) in [6.45, 7) is 7.02. The van der Waals surface area contributed by atoms with Crippen LogP contribution >= 0.6 is 0 Å². The van der Waals surface area contributed by atoms with Crippen molar-refractivity contribution in [2.24, 2.45) is 17.6 Å². The maximum Gasteiger partial charge on any atom is 0.0157 e. The Bertz CT molecular complexity index is 178. The summed E-state index contributed by atoms with van der Waals surface area (Å²) in [6, 6.07) is 0. The zero-order chi connectivity index (χ0) is 11.3. The van der Waals surface area contributed by atoms with E-state index in [9.17, 15) is 0 Å². The van der Waals surface area contributed by atoms with Gasteiger partial charge in [0.1, 0.15) is 0 Å². The molecule has 0 aromatic carbocycles. The van der Waals surface area contributed by atoms with Gasteiger partial charge in [-0.25, -0.2) is 0 Å². The minimum absolute atomic E-state index is 0.180. The lowest BCUT2D eigenvalue weighted by molar-refractivity contribution is 0.164. The van der Waals surface area contributed by atoms with Gasteiger partial charge in [-0.1, -0.05) is 46.5 Å². The second-order valence-corrected chi connectivity index (χ2v) is 5.87. The molecule has 1 aliphatic carbocycles. The lowest BCUT2D eigenvalue weighted by Gasteiger charge is -2.40. The van der Waals surface area contributed by atoms with Crippen LogP contribution in [0.5, 0.6) is 0 Å². The summed E-state index contributed by atoms with van der Waals surface area (Å²) in [6.07, 6.45) is 10.5. The summed E-state index contributed by atoms with van der Waals surface area (Å²) in [4.78, 5) is 0. The second kappa shape index (κ2) is 5.89. The maximum atomic E-state index is 6.49. The molecule has 1 saturated carbocycles. The number of rotatable bonds is 5. The number of nitrogens with two attached hydrogens (primary N) is 1. The van der Waals surface area contributed by atoms with Crippen LogP contribution < -0.4 is 5.73 Å². The summed E-state index contributed by atoms with van der Waals surface area (Å²) in [5.74, 6) is 1.72. The molecule has 0 heterocycles. The first-order valence-electron chi connectivity index (χ1n) is 6.86. The first-order chi connectivity index (χ1) is 7.07. The Hall–Kier alpha value is -0.0400. The van der Waals surface area contributed by atoms with Crippen LogP contribution in [0.4, 0.5) is 0 Å². The molecule has 0 saturated heterocycles. The molecule has 90 valence electrons. The third-order valence-electron chi connectivity index (χ3n) is 4.33. The fourth-order valence-corrected chi connectivity index (χ4v) is 2.88. The van der Waals surface area contributed by atoms with E-state index in [1.165, 1.54) is 51.4 Å². The first kappa shape index (κ1) is 13.0. The van der Waals surface area contributed by atoms with Gasteiger partial charge in [0.2, 0.25) is 0 Å². The number of unbranched alkanes of at least 4 members (excludes halogenated alkanes) is 3. The third kappa shape index (κ3) is 4.14. The molecule has 15 heavy (non-hydrogen) atoms. The fraction of sp³-hybridized carbons (Fsp3) is 1.00. The molecule has 0 aliphatic heterocycles. The average Bonchev–Trinajstić information content (AvgIpc) is 2.20. The van der Waals surface area contributed by atoms with Gasteiger partial charge >= 0.3 is 0 Å². The van der Waals surface area contributed by atoms with Crippen molar-refractivity contribution < 1.29 is 0 Å². The van der Waals surface area contributed by atoms with Gasteiger partial charge in [0.05, 0.1) is 0 Å². The van der Waals surface area contributed by atoms with Gasteiger partial charge in [-0.15, -0.1) is 0 Å². The van der Waals surface area contributed by atoms with Crippen LogP contribution in [0.15, 0.2) is 0 Å². The average molecular weight is 211 g/mol. The summed E-state index contributed by atoms with van der Waals surface area (Å²) in [5.41, 5.74) is 6.67. The van der Waals surface area contributed by atoms with Crippen LogP contribution in [0, 0.1) is 11.8 Å². The summed E-state index contributed by atoms with van der Waals surface area (Å²) < 4.78 is 0. The van der Waals surface area contributed by atoms with E-state index >= 15 is 0 Å². The van der Waals surface area contributed by atoms with Gasteiger partial charge in [0.15, 0.2) is 0 Å². The van der Waals surface area contributed by atoms with Crippen LogP contribution in [0.25, 0.3) is 0 Å². The standard InChI is InChI=1S/C14H29N/c1-4-5-6-7-9-14(15)10-8-12(2)13(3)11-14/h12-13H,4-11,15H2,1-3H3. The summed E-state index contributed by atoms with van der Waals surface area (Å²) in [7, 11) is 0. The van der Waals surface area contributed by atoms with E-state index in [-0.39, 0.29) is 5.54 Å². The van der Waals surface area contributed by atoms with E-state index in [4.69, 9.17) is 5.73 Å². The molecule has 2 N–H and O–H groups in total. The van der Waals surface area contributed by atoms with Gasteiger partial charge in [0, 0.05) is 5.54 Å². The molecule has 0 spiro atoms. The SMILES string of the molecule is CCCCCCC1(N)CCC(C)C(C)C1. The van der Waals surface area contributed by atoms with Crippen molar-refractivity contribution in [2.45, 2.75) is 77.7 Å². The fourth-order valence-electron chi connectivity index (χ4n) is 2.88. The maximum absolute atomic E-state index is 6.49. The van der Waals surface area contributed by atoms with Crippen LogP contribution in [-0.2, 0) is 0 Å². The Morgan fingerprint density at radius 2 is 1.87 bits per heavy atom. The highest BCUT2D eigenvalue weighted by Gasteiger charge is 2.33.